The third-order valence-corrected chi connectivity index (χ3v) is 4.30. The molecule has 1 atom stereocenters. The van der Waals surface area contributed by atoms with Crippen LogP contribution >= 0.6 is 0 Å². The van der Waals surface area contributed by atoms with Crippen molar-refractivity contribution in [3.63, 3.8) is 0 Å². The Kier molecular flexibility index (Phi) is 4.03. The van der Waals surface area contributed by atoms with Crippen molar-refractivity contribution < 1.29 is 5.11 Å². The second-order valence-corrected chi connectivity index (χ2v) is 5.81. The summed E-state index contributed by atoms with van der Waals surface area (Å²) in [6, 6.07) is 4.88. The van der Waals surface area contributed by atoms with Gasteiger partial charge in [-0.2, -0.15) is 0 Å². The molecule has 0 radical (unpaired) electrons. The summed E-state index contributed by atoms with van der Waals surface area (Å²) < 4.78 is 2.19. The molecular formula is C16H23N3O. The van der Waals surface area contributed by atoms with Crippen molar-refractivity contribution in [3.05, 3.63) is 35.8 Å². The Morgan fingerprint density at radius 3 is 3.20 bits per heavy atom. The first-order valence-electron chi connectivity index (χ1n) is 7.55. The van der Waals surface area contributed by atoms with E-state index in [1.165, 1.54) is 24.1 Å². The molecule has 0 saturated carbocycles. The molecule has 20 heavy (non-hydrogen) atoms. The van der Waals surface area contributed by atoms with E-state index in [1.807, 2.05) is 6.20 Å². The number of likely N-dealkylation sites (tertiary alicyclic amines) is 1. The van der Waals surface area contributed by atoms with Crippen LogP contribution in [0.5, 0.6) is 0 Å². The van der Waals surface area contributed by atoms with Crippen LogP contribution in [-0.4, -0.2) is 38.6 Å². The number of nitrogens with zero attached hydrogens (tertiary/aromatic N) is 3. The minimum atomic E-state index is 0.305. The first-order chi connectivity index (χ1) is 9.78. The third-order valence-electron chi connectivity index (χ3n) is 4.30. The van der Waals surface area contributed by atoms with Gasteiger partial charge in [-0.15, -0.1) is 0 Å². The first kappa shape index (κ1) is 13.6. The number of hydrogen-bond donors (Lipinski definition) is 1. The van der Waals surface area contributed by atoms with Gasteiger partial charge < -0.3 is 9.51 Å². The van der Waals surface area contributed by atoms with Crippen molar-refractivity contribution in [1.29, 1.82) is 0 Å². The molecule has 0 aromatic carbocycles. The Bertz CT molecular complexity index is 578. The van der Waals surface area contributed by atoms with Gasteiger partial charge in [-0.1, -0.05) is 0 Å². The summed E-state index contributed by atoms with van der Waals surface area (Å²) in [6.45, 7) is 4.52. The minimum absolute atomic E-state index is 0.305. The van der Waals surface area contributed by atoms with E-state index in [9.17, 15) is 0 Å². The third kappa shape index (κ3) is 2.72. The Labute approximate surface area is 120 Å². The van der Waals surface area contributed by atoms with E-state index in [1.54, 1.807) is 0 Å². The lowest BCUT2D eigenvalue weighted by Crippen LogP contribution is -2.29. The number of aliphatic hydroxyl groups excluding tert-OH is 1. The molecule has 3 heterocycles. The summed E-state index contributed by atoms with van der Waals surface area (Å²) in [5, 5.41) is 9.00. The number of aromatic nitrogens is 2. The highest BCUT2D eigenvalue weighted by atomic mass is 16.2. The molecular weight excluding hydrogens is 250 g/mol. The van der Waals surface area contributed by atoms with Crippen LogP contribution in [0.2, 0.25) is 0 Å². The maximum absolute atomic E-state index is 9.00. The average molecular weight is 273 g/mol. The predicted octanol–water partition coefficient (Wildman–Crippen LogP) is 2.38. The van der Waals surface area contributed by atoms with Crippen LogP contribution in [0.3, 0.4) is 0 Å². The molecule has 1 saturated heterocycles. The second kappa shape index (κ2) is 5.94. The molecule has 2 aromatic heterocycles. The van der Waals surface area contributed by atoms with Crippen LogP contribution < -0.4 is 0 Å². The lowest BCUT2D eigenvalue weighted by molar-refractivity contribution is 0.208. The Balaban J connectivity index is 1.75. The molecule has 1 aliphatic heterocycles. The highest BCUT2D eigenvalue weighted by Crippen LogP contribution is 2.23. The van der Waals surface area contributed by atoms with Crippen molar-refractivity contribution >= 4 is 5.65 Å². The van der Waals surface area contributed by atoms with Crippen molar-refractivity contribution in [1.82, 2.24) is 14.3 Å². The molecule has 1 unspecified atom stereocenters. The lowest BCUT2D eigenvalue weighted by atomic mass is 10.1. The molecule has 0 aliphatic carbocycles. The van der Waals surface area contributed by atoms with Crippen molar-refractivity contribution in [2.75, 3.05) is 13.2 Å². The second-order valence-electron chi connectivity index (χ2n) is 5.81. The minimum Gasteiger partial charge on any atom is -0.396 e. The molecule has 108 valence electrons. The van der Waals surface area contributed by atoms with Gasteiger partial charge in [0.05, 0.1) is 11.9 Å². The number of rotatable bonds is 5. The van der Waals surface area contributed by atoms with E-state index in [4.69, 9.17) is 5.11 Å². The van der Waals surface area contributed by atoms with Gasteiger partial charge in [-0.25, -0.2) is 4.98 Å². The number of fused-ring (bicyclic) bond motifs is 1. The number of aryl methyl sites for hydroxylation is 1. The van der Waals surface area contributed by atoms with Gasteiger partial charge in [0.25, 0.3) is 0 Å². The van der Waals surface area contributed by atoms with E-state index >= 15 is 0 Å². The fourth-order valence-corrected chi connectivity index (χ4v) is 3.22. The summed E-state index contributed by atoms with van der Waals surface area (Å²) in [7, 11) is 0. The van der Waals surface area contributed by atoms with Crippen LogP contribution in [0.1, 0.15) is 36.9 Å². The summed E-state index contributed by atoms with van der Waals surface area (Å²) in [5.41, 5.74) is 3.54. The SMILES string of the molecule is Cc1ccn2c(CN3CCCC3CCCO)cnc2c1. The van der Waals surface area contributed by atoms with E-state index in [-0.39, 0.29) is 0 Å². The topological polar surface area (TPSA) is 40.8 Å². The molecule has 1 fully saturated rings. The molecule has 1 aliphatic rings. The van der Waals surface area contributed by atoms with E-state index in [0.29, 0.717) is 12.6 Å². The molecule has 4 nitrogen and oxygen atoms in total. The number of imidazole rings is 1. The van der Waals surface area contributed by atoms with Gasteiger partial charge in [0.1, 0.15) is 5.65 Å². The maximum Gasteiger partial charge on any atom is 0.137 e. The van der Waals surface area contributed by atoms with Crippen LogP contribution in [0.4, 0.5) is 0 Å². The molecule has 1 N–H and O–H groups in total. The smallest absolute Gasteiger partial charge is 0.137 e. The molecule has 2 aromatic rings. The van der Waals surface area contributed by atoms with Crippen LogP contribution in [0, 0.1) is 6.92 Å². The molecule has 0 spiro atoms. The zero-order valence-corrected chi connectivity index (χ0v) is 12.1. The largest absolute Gasteiger partial charge is 0.396 e. The zero-order chi connectivity index (χ0) is 13.9. The van der Waals surface area contributed by atoms with Crippen molar-refractivity contribution in [2.24, 2.45) is 0 Å². The summed E-state index contributed by atoms with van der Waals surface area (Å²) in [6.07, 6.45) is 8.66. The first-order valence-corrected chi connectivity index (χ1v) is 7.55. The zero-order valence-electron chi connectivity index (χ0n) is 12.1. The van der Waals surface area contributed by atoms with Gasteiger partial charge in [-0.3, -0.25) is 4.90 Å². The van der Waals surface area contributed by atoms with E-state index < -0.39 is 0 Å². The van der Waals surface area contributed by atoms with Gasteiger partial charge in [0.15, 0.2) is 0 Å². The van der Waals surface area contributed by atoms with Crippen LogP contribution in [-0.2, 0) is 6.54 Å². The fraction of sp³-hybridized carbons (Fsp3) is 0.562. The number of hydrogen-bond acceptors (Lipinski definition) is 3. The number of aliphatic hydroxyl groups is 1. The van der Waals surface area contributed by atoms with Crippen molar-refractivity contribution in [2.45, 2.75) is 45.2 Å². The van der Waals surface area contributed by atoms with E-state index in [2.05, 4.69) is 39.5 Å². The summed E-state index contributed by atoms with van der Waals surface area (Å²) in [5.74, 6) is 0. The van der Waals surface area contributed by atoms with Crippen LogP contribution in [0.15, 0.2) is 24.5 Å². The van der Waals surface area contributed by atoms with Gasteiger partial charge in [-0.05, 0) is 56.8 Å². The molecule has 4 heteroatoms. The molecule has 3 rings (SSSR count). The number of pyridine rings is 1. The average Bonchev–Trinajstić information content (AvgIpc) is 3.04. The molecule has 0 amide bonds. The Morgan fingerprint density at radius 2 is 2.35 bits per heavy atom. The summed E-state index contributed by atoms with van der Waals surface area (Å²) in [4.78, 5) is 7.05. The highest BCUT2D eigenvalue weighted by molar-refractivity contribution is 5.42. The summed E-state index contributed by atoms with van der Waals surface area (Å²) >= 11 is 0. The fourth-order valence-electron chi connectivity index (χ4n) is 3.22. The standard InChI is InChI=1S/C16H23N3O/c1-13-6-8-19-15(11-17-16(19)10-13)12-18-7-2-4-14(18)5-3-9-20/h6,8,10-11,14,20H,2-5,7,9,12H2,1H3. The Hall–Kier alpha value is -1.39. The predicted molar refractivity (Wildman–Crippen MR) is 79.7 cm³/mol. The quantitative estimate of drug-likeness (QED) is 0.909. The lowest BCUT2D eigenvalue weighted by Gasteiger charge is -2.23. The van der Waals surface area contributed by atoms with E-state index in [0.717, 1.165) is 31.6 Å². The Morgan fingerprint density at radius 1 is 1.45 bits per heavy atom. The van der Waals surface area contributed by atoms with Crippen LogP contribution in [0.25, 0.3) is 5.65 Å². The highest BCUT2D eigenvalue weighted by Gasteiger charge is 2.24. The van der Waals surface area contributed by atoms with Crippen molar-refractivity contribution in [3.8, 4) is 0 Å². The normalized spacial score (nSPS) is 20.0. The monoisotopic (exact) mass is 273 g/mol. The van der Waals surface area contributed by atoms with Gasteiger partial charge in [0.2, 0.25) is 0 Å². The van der Waals surface area contributed by atoms with Gasteiger partial charge >= 0.3 is 0 Å². The molecule has 0 bridgehead atoms. The van der Waals surface area contributed by atoms with Gasteiger partial charge in [0, 0.05) is 25.4 Å². The maximum atomic E-state index is 9.00.